The smallest absolute Gasteiger partial charge is 0.338 e. The topological polar surface area (TPSA) is 122 Å². The minimum Gasteiger partial charge on any atom is -0.456 e. The van der Waals surface area contributed by atoms with Crippen LogP contribution >= 0.6 is 0 Å². The Bertz CT molecular complexity index is 1820. The zero-order valence-electron chi connectivity index (χ0n) is 28.7. The van der Waals surface area contributed by atoms with E-state index in [0.29, 0.717) is 18.5 Å². The number of carbonyl (C=O) groups is 4. The Labute approximate surface area is 287 Å². The molecule has 4 aromatic rings. The molecule has 0 fully saturated rings. The normalized spacial score (nSPS) is 15.5. The first-order valence-corrected chi connectivity index (χ1v) is 16.5. The van der Waals surface area contributed by atoms with Crippen molar-refractivity contribution in [1.82, 2.24) is 25.4 Å². The van der Waals surface area contributed by atoms with Crippen molar-refractivity contribution in [2.24, 2.45) is 7.05 Å². The molecular weight excluding hydrogens is 618 g/mol. The summed E-state index contributed by atoms with van der Waals surface area (Å²) in [4.78, 5) is 55.1. The number of esters is 1. The van der Waals surface area contributed by atoms with Gasteiger partial charge in [0.05, 0.1) is 11.6 Å². The van der Waals surface area contributed by atoms with Gasteiger partial charge in [-0.2, -0.15) is 0 Å². The van der Waals surface area contributed by atoms with Gasteiger partial charge in [-0.05, 0) is 62.1 Å². The zero-order valence-corrected chi connectivity index (χ0v) is 28.7. The first-order chi connectivity index (χ1) is 23.4. The van der Waals surface area contributed by atoms with E-state index in [4.69, 9.17) is 4.74 Å². The Morgan fingerprint density at radius 2 is 1.57 bits per heavy atom. The quantitative estimate of drug-likeness (QED) is 0.155. The van der Waals surface area contributed by atoms with Crippen LogP contribution in [0.15, 0.2) is 97.2 Å². The Kier molecular flexibility index (Phi) is 11.0. The first-order valence-electron chi connectivity index (χ1n) is 16.5. The number of nitrogens with zero attached hydrogens (tertiary/aromatic N) is 2. The second kappa shape index (κ2) is 15.3. The van der Waals surface area contributed by atoms with E-state index in [2.05, 4.69) is 16.0 Å². The van der Waals surface area contributed by atoms with Crippen molar-refractivity contribution in [2.45, 2.75) is 63.9 Å². The van der Waals surface area contributed by atoms with Crippen LogP contribution < -0.4 is 16.0 Å². The van der Waals surface area contributed by atoms with Gasteiger partial charge in [-0.1, -0.05) is 72.8 Å². The number of carbonyl (C=O) groups excluding carboxylic acids is 4. The molecule has 5 rings (SSSR count). The summed E-state index contributed by atoms with van der Waals surface area (Å²) in [6, 6.07) is 22.3. The number of para-hydroxylation sites is 1. The standard InChI is InChI=1S/C39H45N5O5/c1-39(2,3)49-38(48)28-19-17-27(18-20-28)24-41-31(22-26-12-7-6-8-13-26)35(45)42-32(37(47)44-21-11-16-34(44)36(46)40-4)23-29-25-43(5)33-15-10-9-14-30(29)33/h6-20,25,31-32,34,41H,21-24H2,1-5H3,(H,40,46)(H,42,45)/t31?,32-,34-/m0/s1. The van der Waals surface area contributed by atoms with E-state index < -0.39 is 29.7 Å². The Hall–Kier alpha value is -5.22. The van der Waals surface area contributed by atoms with Crippen LogP contribution in [0.1, 0.15) is 47.8 Å². The molecule has 3 aromatic carbocycles. The predicted molar refractivity (Wildman–Crippen MR) is 190 cm³/mol. The SMILES string of the molecule is CNC(=O)[C@@H]1C=CCN1C(=O)[C@H](Cc1cn(C)c2ccccc12)NC(=O)C(Cc1ccccc1)NCc1ccc(C(=O)OC(C)(C)C)cc1. The van der Waals surface area contributed by atoms with Crippen molar-refractivity contribution in [3.63, 3.8) is 0 Å². The summed E-state index contributed by atoms with van der Waals surface area (Å²) in [5, 5.41) is 10.1. The van der Waals surface area contributed by atoms with Crippen LogP contribution in [0.5, 0.6) is 0 Å². The van der Waals surface area contributed by atoms with Gasteiger partial charge in [-0.15, -0.1) is 0 Å². The van der Waals surface area contributed by atoms with Crippen molar-refractivity contribution >= 4 is 34.6 Å². The maximum absolute atomic E-state index is 14.2. The molecule has 3 atom stereocenters. The Morgan fingerprint density at radius 1 is 0.878 bits per heavy atom. The van der Waals surface area contributed by atoms with E-state index in [-0.39, 0.29) is 30.7 Å². The number of aryl methyl sites for hydroxylation is 1. The summed E-state index contributed by atoms with van der Waals surface area (Å²) < 4.78 is 7.49. The van der Waals surface area contributed by atoms with Crippen LogP contribution in [-0.4, -0.2) is 70.5 Å². The van der Waals surface area contributed by atoms with Crippen molar-refractivity contribution in [3.8, 4) is 0 Å². The third-order valence-corrected chi connectivity index (χ3v) is 8.51. The average Bonchev–Trinajstić information content (AvgIpc) is 3.70. The summed E-state index contributed by atoms with van der Waals surface area (Å²) in [7, 11) is 3.49. The van der Waals surface area contributed by atoms with Crippen LogP contribution in [0.4, 0.5) is 0 Å². The van der Waals surface area contributed by atoms with Crippen LogP contribution in [0.2, 0.25) is 0 Å². The number of nitrogens with one attached hydrogen (secondary N) is 3. The molecule has 10 nitrogen and oxygen atoms in total. The predicted octanol–water partition coefficient (Wildman–Crippen LogP) is 4.08. The Morgan fingerprint density at radius 3 is 2.27 bits per heavy atom. The molecule has 0 aliphatic carbocycles. The summed E-state index contributed by atoms with van der Waals surface area (Å²) in [6.07, 6.45) is 6.11. The highest BCUT2D eigenvalue weighted by Crippen LogP contribution is 2.23. The number of hydrogen-bond donors (Lipinski definition) is 3. The van der Waals surface area contributed by atoms with Gasteiger partial charge < -0.3 is 30.2 Å². The van der Waals surface area contributed by atoms with Gasteiger partial charge in [-0.3, -0.25) is 14.4 Å². The van der Waals surface area contributed by atoms with Gasteiger partial charge in [0.25, 0.3) is 0 Å². The number of aromatic nitrogens is 1. The molecule has 0 radical (unpaired) electrons. The summed E-state index contributed by atoms with van der Waals surface area (Å²) >= 11 is 0. The molecule has 2 heterocycles. The largest absolute Gasteiger partial charge is 0.456 e. The molecule has 0 saturated carbocycles. The molecule has 0 spiro atoms. The maximum atomic E-state index is 14.2. The molecule has 0 bridgehead atoms. The molecule has 1 aliphatic rings. The van der Waals surface area contributed by atoms with Gasteiger partial charge in [0.15, 0.2) is 0 Å². The number of likely N-dealkylation sites (N-methyl/N-ethyl adjacent to an activating group) is 1. The lowest BCUT2D eigenvalue weighted by atomic mass is 10.0. The average molecular weight is 664 g/mol. The number of rotatable bonds is 12. The van der Waals surface area contributed by atoms with Crippen LogP contribution in [0, 0.1) is 0 Å². The molecule has 1 aliphatic heterocycles. The fraction of sp³-hybridized carbons (Fsp3) is 0.333. The summed E-state index contributed by atoms with van der Waals surface area (Å²) in [5.74, 6) is -1.37. The molecule has 49 heavy (non-hydrogen) atoms. The third-order valence-electron chi connectivity index (χ3n) is 8.51. The molecule has 1 unspecified atom stereocenters. The number of hydrogen-bond acceptors (Lipinski definition) is 6. The third kappa shape index (κ3) is 8.83. The minimum atomic E-state index is -0.932. The van der Waals surface area contributed by atoms with Crippen molar-refractivity contribution in [1.29, 1.82) is 0 Å². The molecule has 10 heteroatoms. The van der Waals surface area contributed by atoms with E-state index in [1.807, 2.05) is 105 Å². The highest BCUT2D eigenvalue weighted by molar-refractivity contribution is 5.95. The monoisotopic (exact) mass is 663 g/mol. The maximum Gasteiger partial charge on any atom is 0.338 e. The van der Waals surface area contributed by atoms with E-state index >= 15 is 0 Å². The molecular formula is C39H45N5O5. The fourth-order valence-corrected chi connectivity index (χ4v) is 6.05. The van der Waals surface area contributed by atoms with E-state index in [1.165, 1.54) is 11.9 Å². The highest BCUT2D eigenvalue weighted by Gasteiger charge is 2.36. The first kappa shape index (κ1) is 35.1. The van der Waals surface area contributed by atoms with Gasteiger partial charge >= 0.3 is 5.97 Å². The molecule has 1 aromatic heterocycles. The summed E-state index contributed by atoms with van der Waals surface area (Å²) in [6.45, 7) is 6.08. The second-order valence-corrected chi connectivity index (χ2v) is 13.3. The van der Waals surface area contributed by atoms with Gasteiger partial charge in [0.2, 0.25) is 17.7 Å². The second-order valence-electron chi connectivity index (χ2n) is 13.3. The lowest BCUT2D eigenvalue weighted by Crippen LogP contribution is -2.57. The lowest BCUT2D eigenvalue weighted by Gasteiger charge is -2.29. The van der Waals surface area contributed by atoms with Crippen LogP contribution in [-0.2, 0) is 45.6 Å². The number of ether oxygens (including phenoxy) is 1. The molecule has 3 N–H and O–H groups in total. The van der Waals surface area contributed by atoms with Gasteiger partial charge in [0, 0.05) is 50.7 Å². The molecule has 256 valence electrons. The van der Waals surface area contributed by atoms with E-state index in [0.717, 1.165) is 27.6 Å². The van der Waals surface area contributed by atoms with Crippen LogP contribution in [0.3, 0.4) is 0 Å². The van der Waals surface area contributed by atoms with Crippen molar-refractivity contribution < 1.29 is 23.9 Å². The van der Waals surface area contributed by atoms with E-state index in [9.17, 15) is 19.2 Å². The lowest BCUT2D eigenvalue weighted by molar-refractivity contribution is -0.140. The molecule has 3 amide bonds. The van der Waals surface area contributed by atoms with Crippen molar-refractivity contribution in [3.05, 3.63) is 119 Å². The highest BCUT2D eigenvalue weighted by atomic mass is 16.6. The fourth-order valence-electron chi connectivity index (χ4n) is 6.05. The van der Waals surface area contributed by atoms with Crippen molar-refractivity contribution in [2.75, 3.05) is 13.6 Å². The van der Waals surface area contributed by atoms with Gasteiger partial charge in [-0.25, -0.2) is 4.79 Å². The number of fused-ring (bicyclic) bond motifs is 1. The number of amides is 3. The Balaban J connectivity index is 1.39. The molecule has 0 saturated heterocycles. The minimum absolute atomic E-state index is 0.243. The summed E-state index contributed by atoms with van der Waals surface area (Å²) in [5.41, 5.74) is 3.60. The van der Waals surface area contributed by atoms with Gasteiger partial charge in [0.1, 0.15) is 17.7 Å². The zero-order chi connectivity index (χ0) is 35.1. The number of benzene rings is 3. The van der Waals surface area contributed by atoms with E-state index in [1.54, 1.807) is 24.3 Å². The van der Waals surface area contributed by atoms with Crippen LogP contribution in [0.25, 0.3) is 10.9 Å².